The first-order valence-electron chi connectivity index (χ1n) is 6.11. The van der Waals surface area contributed by atoms with Gasteiger partial charge in [0, 0.05) is 32.1 Å². The SMILES string of the molecule is CN(Cc1cccnc1)C(=O)c1cc(O)ccc1[N+](=O)[O-]. The number of nitro benzene ring substituents is 1. The molecule has 0 unspecified atom stereocenters. The largest absolute Gasteiger partial charge is 0.508 e. The van der Waals surface area contributed by atoms with Gasteiger partial charge in [-0.05, 0) is 23.8 Å². The molecule has 1 aromatic carbocycles. The van der Waals surface area contributed by atoms with Crippen LogP contribution in [0.4, 0.5) is 5.69 Å². The number of carbonyl (C=O) groups is 1. The molecule has 0 saturated heterocycles. The molecule has 0 aliphatic heterocycles. The number of hydrogen-bond acceptors (Lipinski definition) is 5. The van der Waals surface area contributed by atoms with E-state index in [1.807, 2.05) is 0 Å². The normalized spacial score (nSPS) is 10.1. The van der Waals surface area contributed by atoms with Crippen LogP contribution in [0.15, 0.2) is 42.7 Å². The molecule has 1 aromatic heterocycles. The molecule has 7 heteroatoms. The first kappa shape index (κ1) is 14.4. The molecule has 0 bridgehead atoms. The quantitative estimate of drug-likeness (QED) is 0.685. The van der Waals surface area contributed by atoms with Gasteiger partial charge in [0.25, 0.3) is 11.6 Å². The summed E-state index contributed by atoms with van der Waals surface area (Å²) in [6.45, 7) is 0.263. The third-order valence-corrected chi connectivity index (χ3v) is 2.90. The van der Waals surface area contributed by atoms with Crippen molar-refractivity contribution >= 4 is 11.6 Å². The molecular weight excluding hydrogens is 274 g/mol. The summed E-state index contributed by atoms with van der Waals surface area (Å²) in [5.74, 6) is -0.736. The van der Waals surface area contributed by atoms with Gasteiger partial charge in [0.2, 0.25) is 0 Å². The van der Waals surface area contributed by atoms with Crippen LogP contribution < -0.4 is 0 Å². The lowest BCUT2D eigenvalue weighted by Gasteiger charge is -2.17. The highest BCUT2D eigenvalue weighted by atomic mass is 16.6. The topological polar surface area (TPSA) is 96.6 Å². The van der Waals surface area contributed by atoms with Crippen LogP contribution in [0, 0.1) is 10.1 Å². The van der Waals surface area contributed by atoms with Crippen LogP contribution in [-0.2, 0) is 6.54 Å². The summed E-state index contributed by atoms with van der Waals surface area (Å²) in [5, 5.41) is 20.4. The molecule has 2 rings (SSSR count). The Hall–Kier alpha value is -2.96. The van der Waals surface area contributed by atoms with E-state index in [9.17, 15) is 20.0 Å². The standard InChI is InChI=1S/C14H13N3O4/c1-16(9-10-3-2-6-15-8-10)14(19)12-7-11(18)4-5-13(12)17(20)21/h2-8,18H,9H2,1H3. The van der Waals surface area contributed by atoms with Gasteiger partial charge < -0.3 is 10.0 Å². The number of aromatic nitrogens is 1. The van der Waals surface area contributed by atoms with Crippen LogP contribution in [0.1, 0.15) is 15.9 Å². The maximum Gasteiger partial charge on any atom is 0.282 e. The van der Waals surface area contributed by atoms with Gasteiger partial charge in [-0.3, -0.25) is 19.9 Å². The maximum absolute atomic E-state index is 12.3. The number of carbonyl (C=O) groups excluding carboxylic acids is 1. The van der Waals surface area contributed by atoms with E-state index in [0.717, 1.165) is 17.7 Å². The minimum atomic E-state index is -0.648. The van der Waals surface area contributed by atoms with Crippen LogP contribution in [0.25, 0.3) is 0 Å². The zero-order valence-corrected chi connectivity index (χ0v) is 11.3. The minimum absolute atomic E-state index is 0.147. The van der Waals surface area contributed by atoms with E-state index in [1.165, 1.54) is 18.0 Å². The highest BCUT2D eigenvalue weighted by Crippen LogP contribution is 2.24. The van der Waals surface area contributed by atoms with Crippen molar-refractivity contribution in [2.75, 3.05) is 7.05 Å². The Balaban J connectivity index is 2.27. The van der Waals surface area contributed by atoms with E-state index >= 15 is 0 Å². The van der Waals surface area contributed by atoms with Crippen molar-refractivity contribution in [3.8, 4) is 5.75 Å². The van der Waals surface area contributed by atoms with E-state index < -0.39 is 10.8 Å². The van der Waals surface area contributed by atoms with Gasteiger partial charge in [-0.25, -0.2) is 0 Å². The lowest BCUT2D eigenvalue weighted by Crippen LogP contribution is -2.26. The molecule has 0 spiro atoms. The molecule has 1 amide bonds. The second kappa shape index (κ2) is 6.00. The number of benzene rings is 1. The highest BCUT2D eigenvalue weighted by molar-refractivity contribution is 5.98. The van der Waals surface area contributed by atoms with E-state index in [0.29, 0.717) is 0 Å². The van der Waals surface area contributed by atoms with Crippen molar-refractivity contribution in [3.05, 3.63) is 64.0 Å². The van der Waals surface area contributed by atoms with Gasteiger partial charge in [0.05, 0.1) is 4.92 Å². The van der Waals surface area contributed by atoms with Crippen molar-refractivity contribution in [3.63, 3.8) is 0 Å². The zero-order valence-electron chi connectivity index (χ0n) is 11.3. The molecule has 2 aromatic rings. The summed E-state index contributed by atoms with van der Waals surface area (Å²) in [5.41, 5.74) is 0.318. The first-order valence-corrected chi connectivity index (χ1v) is 6.11. The average molecular weight is 287 g/mol. The maximum atomic E-state index is 12.3. The summed E-state index contributed by atoms with van der Waals surface area (Å²) in [7, 11) is 1.53. The number of pyridine rings is 1. The van der Waals surface area contributed by atoms with Crippen LogP contribution in [0.3, 0.4) is 0 Å². The van der Waals surface area contributed by atoms with Crippen molar-refractivity contribution < 1.29 is 14.8 Å². The van der Waals surface area contributed by atoms with Crippen LogP contribution in [0.5, 0.6) is 5.75 Å². The summed E-state index contributed by atoms with van der Waals surface area (Å²) in [6.07, 6.45) is 3.23. The number of phenolic OH excluding ortho intramolecular Hbond substituents is 1. The lowest BCUT2D eigenvalue weighted by molar-refractivity contribution is -0.385. The molecule has 0 saturated carbocycles. The highest BCUT2D eigenvalue weighted by Gasteiger charge is 2.23. The van der Waals surface area contributed by atoms with E-state index in [1.54, 1.807) is 24.5 Å². The smallest absolute Gasteiger partial charge is 0.282 e. The van der Waals surface area contributed by atoms with E-state index in [-0.39, 0.29) is 23.5 Å². The molecule has 108 valence electrons. The third-order valence-electron chi connectivity index (χ3n) is 2.90. The van der Waals surface area contributed by atoms with Crippen LogP contribution in [0.2, 0.25) is 0 Å². The summed E-state index contributed by atoms with van der Waals surface area (Å²) in [6, 6.07) is 6.93. The van der Waals surface area contributed by atoms with Gasteiger partial charge in [0.1, 0.15) is 11.3 Å². The lowest BCUT2D eigenvalue weighted by atomic mass is 10.1. The molecular formula is C14H13N3O4. The number of nitrogens with zero attached hydrogens (tertiary/aromatic N) is 3. The van der Waals surface area contributed by atoms with E-state index in [2.05, 4.69) is 4.98 Å². The fraction of sp³-hybridized carbons (Fsp3) is 0.143. The molecule has 1 heterocycles. The second-order valence-corrected chi connectivity index (χ2v) is 4.48. The Morgan fingerprint density at radius 2 is 2.19 bits per heavy atom. The Kier molecular flexibility index (Phi) is 4.13. The predicted molar refractivity (Wildman–Crippen MR) is 74.8 cm³/mol. The fourth-order valence-electron chi connectivity index (χ4n) is 1.90. The van der Waals surface area contributed by atoms with Crippen molar-refractivity contribution in [2.24, 2.45) is 0 Å². The van der Waals surface area contributed by atoms with Crippen LogP contribution >= 0.6 is 0 Å². The van der Waals surface area contributed by atoms with Crippen LogP contribution in [-0.4, -0.2) is 32.9 Å². The van der Waals surface area contributed by atoms with E-state index in [4.69, 9.17) is 0 Å². The fourth-order valence-corrected chi connectivity index (χ4v) is 1.90. The number of amides is 1. The number of hydrogen-bond donors (Lipinski definition) is 1. The number of nitro groups is 1. The second-order valence-electron chi connectivity index (χ2n) is 4.48. The Morgan fingerprint density at radius 1 is 1.43 bits per heavy atom. The zero-order chi connectivity index (χ0) is 15.4. The molecule has 0 fully saturated rings. The van der Waals surface area contributed by atoms with Gasteiger partial charge in [-0.2, -0.15) is 0 Å². The monoisotopic (exact) mass is 287 g/mol. The Morgan fingerprint density at radius 3 is 2.81 bits per heavy atom. The Bertz CT molecular complexity index is 673. The third kappa shape index (κ3) is 3.33. The first-order chi connectivity index (χ1) is 9.99. The summed E-state index contributed by atoms with van der Waals surface area (Å²) >= 11 is 0. The average Bonchev–Trinajstić information content (AvgIpc) is 2.47. The van der Waals surface area contributed by atoms with Gasteiger partial charge in [-0.15, -0.1) is 0 Å². The molecule has 0 radical (unpaired) electrons. The minimum Gasteiger partial charge on any atom is -0.508 e. The molecule has 0 aliphatic carbocycles. The number of phenols is 1. The Labute approximate surface area is 120 Å². The van der Waals surface area contributed by atoms with Gasteiger partial charge in [-0.1, -0.05) is 6.07 Å². The van der Waals surface area contributed by atoms with Crippen molar-refractivity contribution in [1.29, 1.82) is 0 Å². The summed E-state index contributed by atoms with van der Waals surface area (Å²) < 4.78 is 0. The van der Waals surface area contributed by atoms with Crippen molar-refractivity contribution in [1.82, 2.24) is 9.88 Å². The van der Waals surface area contributed by atoms with Gasteiger partial charge in [0.15, 0.2) is 0 Å². The molecule has 7 nitrogen and oxygen atoms in total. The number of aromatic hydroxyl groups is 1. The van der Waals surface area contributed by atoms with Crippen molar-refractivity contribution in [2.45, 2.75) is 6.54 Å². The molecule has 1 N–H and O–H groups in total. The predicted octanol–water partition coefficient (Wildman–Crippen LogP) is 1.97. The molecule has 21 heavy (non-hydrogen) atoms. The van der Waals surface area contributed by atoms with Gasteiger partial charge >= 0.3 is 0 Å². The number of rotatable bonds is 4. The molecule has 0 aliphatic rings. The molecule has 0 atom stereocenters. The summed E-state index contributed by atoms with van der Waals surface area (Å²) in [4.78, 5) is 27.9.